The number of carboxylic acids is 1. The molecule has 0 bridgehead atoms. The molecular formula is C11H13F3N4O2. The van der Waals surface area contributed by atoms with Crippen molar-refractivity contribution in [1.82, 2.24) is 14.9 Å². The summed E-state index contributed by atoms with van der Waals surface area (Å²) in [5.41, 5.74) is -2.34. The van der Waals surface area contributed by atoms with Gasteiger partial charge in [-0.3, -0.25) is 0 Å². The van der Waals surface area contributed by atoms with Crippen molar-refractivity contribution in [2.45, 2.75) is 6.18 Å². The summed E-state index contributed by atoms with van der Waals surface area (Å²) in [6, 6.07) is 0. The first kappa shape index (κ1) is 14.5. The van der Waals surface area contributed by atoms with E-state index in [0.717, 1.165) is 0 Å². The van der Waals surface area contributed by atoms with Gasteiger partial charge in [0.25, 0.3) is 0 Å². The third kappa shape index (κ3) is 2.98. The molecule has 6 nitrogen and oxygen atoms in total. The lowest BCUT2D eigenvalue weighted by Crippen LogP contribution is -2.45. The number of aromatic nitrogens is 2. The predicted octanol–water partition coefficient (Wildman–Crippen LogP) is 0.945. The summed E-state index contributed by atoms with van der Waals surface area (Å²) in [5.74, 6) is -1.78. The van der Waals surface area contributed by atoms with Crippen LogP contribution in [0.2, 0.25) is 0 Å². The summed E-state index contributed by atoms with van der Waals surface area (Å²) in [6.45, 7) is 2.37. The maximum absolute atomic E-state index is 12.8. The van der Waals surface area contributed by atoms with Crippen molar-refractivity contribution in [3.63, 3.8) is 0 Å². The Labute approximate surface area is 112 Å². The zero-order valence-corrected chi connectivity index (χ0v) is 10.7. The zero-order valence-electron chi connectivity index (χ0n) is 10.7. The quantitative estimate of drug-likeness (QED) is 0.874. The summed E-state index contributed by atoms with van der Waals surface area (Å²) in [5, 5.41) is 8.76. The molecule has 0 unspecified atom stereocenters. The molecule has 0 aliphatic carbocycles. The van der Waals surface area contributed by atoms with E-state index in [2.05, 4.69) is 9.97 Å². The normalized spacial score (nSPS) is 17.3. The average Bonchev–Trinajstić information content (AvgIpc) is 2.38. The van der Waals surface area contributed by atoms with Gasteiger partial charge in [-0.2, -0.15) is 13.2 Å². The van der Waals surface area contributed by atoms with Crippen LogP contribution in [0.15, 0.2) is 6.20 Å². The van der Waals surface area contributed by atoms with Crippen LogP contribution < -0.4 is 4.90 Å². The lowest BCUT2D eigenvalue weighted by Gasteiger charge is -2.32. The van der Waals surface area contributed by atoms with Crippen molar-refractivity contribution in [2.24, 2.45) is 0 Å². The first-order valence-electron chi connectivity index (χ1n) is 5.90. The second-order valence-electron chi connectivity index (χ2n) is 4.53. The predicted molar refractivity (Wildman–Crippen MR) is 63.7 cm³/mol. The van der Waals surface area contributed by atoms with E-state index in [0.29, 0.717) is 32.4 Å². The van der Waals surface area contributed by atoms with Gasteiger partial charge in [-0.1, -0.05) is 0 Å². The van der Waals surface area contributed by atoms with E-state index in [4.69, 9.17) is 5.11 Å². The Morgan fingerprint density at radius 3 is 2.40 bits per heavy atom. The van der Waals surface area contributed by atoms with E-state index in [9.17, 15) is 18.0 Å². The van der Waals surface area contributed by atoms with Crippen molar-refractivity contribution in [3.8, 4) is 0 Å². The number of hydrogen-bond donors (Lipinski definition) is 1. The van der Waals surface area contributed by atoms with Gasteiger partial charge in [0.2, 0.25) is 5.95 Å². The van der Waals surface area contributed by atoms with Crippen LogP contribution in [0.1, 0.15) is 16.1 Å². The molecule has 9 heteroatoms. The van der Waals surface area contributed by atoms with E-state index < -0.39 is 23.4 Å². The highest BCUT2D eigenvalue weighted by Gasteiger charge is 2.38. The van der Waals surface area contributed by atoms with Gasteiger partial charge in [-0.25, -0.2) is 14.8 Å². The number of halogens is 3. The van der Waals surface area contributed by atoms with Gasteiger partial charge in [0.15, 0.2) is 5.69 Å². The molecule has 0 spiro atoms. The third-order valence-corrected chi connectivity index (χ3v) is 3.06. The second-order valence-corrected chi connectivity index (χ2v) is 4.53. The van der Waals surface area contributed by atoms with Gasteiger partial charge in [0, 0.05) is 32.4 Å². The molecule has 110 valence electrons. The second kappa shape index (κ2) is 5.23. The number of carbonyl (C=O) groups is 1. The highest BCUT2D eigenvalue weighted by atomic mass is 19.4. The Morgan fingerprint density at radius 1 is 1.30 bits per heavy atom. The number of carboxylic acid groups (broad SMARTS) is 1. The standard InChI is InChI=1S/C11H13F3N4O2/c1-17-2-4-18(5-3-17)10-15-6-7(9(19)20)8(16-10)11(12,13)14/h6H,2-5H2,1H3,(H,19,20). The monoisotopic (exact) mass is 290 g/mol. The summed E-state index contributed by atoms with van der Waals surface area (Å²) in [6.07, 6.45) is -4.11. The summed E-state index contributed by atoms with van der Waals surface area (Å²) >= 11 is 0. The molecule has 20 heavy (non-hydrogen) atoms. The Bertz CT molecular complexity index is 513. The molecule has 1 aliphatic heterocycles. The first-order chi connectivity index (χ1) is 9.29. The van der Waals surface area contributed by atoms with Crippen molar-refractivity contribution >= 4 is 11.9 Å². The third-order valence-electron chi connectivity index (χ3n) is 3.06. The van der Waals surface area contributed by atoms with Gasteiger partial charge in [-0.15, -0.1) is 0 Å². The van der Waals surface area contributed by atoms with Crippen LogP contribution in [0.25, 0.3) is 0 Å². The smallest absolute Gasteiger partial charge is 0.434 e. The molecule has 1 fully saturated rings. The molecule has 1 aromatic rings. The molecule has 1 N–H and O–H groups in total. The highest BCUT2D eigenvalue weighted by molar-refractivity contribution is 5.88. The van der Waals surface area contributed by atoms with Crippen LogP contribution in [0.3, 0.4) is 0 Å². The molecular weight excluding hydrogens is 277 g/mol. The first-order valence-corrected chi connectivity index (χ1v) is 5.90. The Kier molecular flexibility index (Phi) is 3.80. The molecule has 1 aliphatic rings. The minimum absolute atomic E-state index is 0.0876. The van der Waals surface area contributed by atoms with Gasteiger partial charge in [0.1, 0.15) is 5.56 Å². The van der Waals surface area contributed by atoms with Crippen LogP contribution in [0.5, 0.6) is 0 Å². The SMILES string of the molecule is CN1CCN(c2ncc(C(=O)O)c(C(F)(F)F)n2)CC1. The van der Waals surface area contributed by atoms with Crippen LogP contribution in [-0.4, -0.2) is 59.2 Å². The summed E-state index contributed by atoms with van der Waals surface area (Å²) in [4.78, 5) is 21.6. The minimum Gasteiger partial charge on any atom is -0.478 e. The van der Waals surface area contributed by atoms with E-state index in [-0.39, 0.29) is 5.95 Å². The number of alkyl halides is 3. The van der Waals surface area contributed by atoms with Crippen LogP contribution in [-0.2, 0) is 6.18 Å². The molecule has 2 rings (SSSR count). The van der Waals surface area contributed by atoms with Crippen LogP contribution in [0, 0.1) is 0 Å². The fourth-order valence-electron chi connectivity index (χ4n) is 1.90. The summed E-state index contributed by atoms with van der Waals surface area (Å²) in [7, 11) is 1.91. The number of nitrogens with zero attached hydrogens (tertiary/aromatic N) is 4. The number of hydrogen-bond acceptors (Lipinski definition) is 5. The van der Waals surface area contributed by atoms with E-state index >= 15 is 0 Å². The molecule has 0 atom stereocenters. The van der Waals surface area contributed by atoms with E-state index in [1.54, 1.807) is 4.90 Å². The number of aromatic carboxylic acids is 1. The number of rotatable bonds is 2. The van der Waals surface area contributed by atoms with Crippen molar-refractivity contribution in [2.75, 3.05) is 38.1 Å². The number of likely N-dealkylation sites (N-methyl/N-ethyl adjacent to an activating group) is 1. The largest absolute Gasteiger partial charge is 0.478 e. The van der Waals surface area contributed by atoms with Crippen LogP contribution >= 0.6 is 0 Å². The van der Waals surface area contributed by atoms with E-state index in [1.165, 1.54) is 0 Å². The average molecular weight is 290 g/mol. The molecule has 0 amide bonds. The fourth-order valence-corrected chi connectivity index (χ4v) is 1.90. The fraction of sp³-hybridized carbons (Fsp3) is 0.545. The Morgan fingerprint density at radius 2 is 1.90 bits per heavy atom. The molecule has 0 saturated carbocycles. The van der Waals surface area contributed by atoms with E-state index in [1.807, 2.05) is 11.9 Å². The number of piperazine rings is 1. The maximum atomic E-state index is 12.8. The van der Waals surface area contributed by atoms with Crippen molar-refractivity contribution < 1.29 is 23.1 Å². The topological polar surface area (TPSA) is 69.6 Å². The number of anilines is 1. The van der Waals surface area contributed by atoms with Gasteiger partial charge in [-0.05, 0) is 7.05 Å². The van der Waals surface area contributed by atoms with Gasteiger partial charge in [0.05, 0.1) is 0 Å². The molecule has 1 aromatic heterocycles. The van der Waals surface area contributed by atoms with Crippen molar-refractivity contribution in [3.05, 3.63) is 17.5 Å². The molecule has 1 saturated heterocycles. The lowest BCUT2D eigenvalue weighted by molar-refractivity contribution is -0.141. The highest BCUT2D eigenvalue weighted by Crippen LogP contribution is 2.31. The Hall–Kier alpha value is -1.90. The van der Waals surface area contributed by atoms with Gasteiger partial charge < -0.3 is 14.9 Å². The van der Waals surface area contributed by atoms with Crippen molar-refractivity contribution in [1.29, 1.82) is 0 Å². The lowest BCUT2D eigenvalue weighted by atomic mass is 10.2. The summed E-state index contributed by atoms with van der Waals surface area (Å²) < 4.78 is 38.5. The van der Waals surface area contributed by atoms with Gasteiger partial charge >= 0.3 is 12.1 Å². The Balaban J connectivity index is 2.35. The van der Waals surface area contributed by atoms with Crippen LogP contribution in [0.4, 0.5) is 19.1 Å². The minimum atomic E-state index is -4.82. The molecule has 0 radical (unpaired) electrons. The zero-order chi connectivity index (χ0) is 14.9. The maximum Gasteiger partial charge on any atom is 0.434 e. The molecule has 2 heterocycles. The molecule has 0 aromatic carbocycles.